The number of nitrogens with zero attached hydrogens (tertiary/aromatic N) is 2. The maximum atomic E-state index is 12.6. The van der Waals surface area contributed by atoms with E-state index in [-0.39, 0.29) is 30.5 Å². The molecule has 0 bridgehead atoms. The van der Waals surface area contributed by atoms with Crippen LogP contribution in [0.5, 0.6) is 0 Å². The molecule has 1 aromatic rings. The highest BCUT2D eigenvalue weighted by Crippen LogP contribution is 2.29. The van der Waals surface area contributed by atoms with Gasteiger partial charge in [-0.1, -0.05) is 24.8 Å². The molecule has 1 fully saturated rings. The number of rotatable bonds is 1. The van der Waals surface area contributed by atoms with Crippen LogP contribution in [-0.4, -0.2) is 30.5 Å². The van der Waals surface area contributed by atoms with Gasteiger partial charge < -0.3 is 10.6 Å². The van der Waals surface area contributed by atoms with Crippen LogP contribution in [0, 0.1) is 17.8 Å². The third-order valence-corrected chi connectivity index (χ3v) is 3.72. The van der Waals surface area contributed by atoms with Gasteiger partial charge in [-0.15, -0.1) is 24.0 Å². The van der Waals surface area contributed by atoms with Crippen LogP contribution >= 0.6 is 24.0 Å². The van der Waals surface area contributed by atoms with Gasteiger partial charge >= 0.3 is 6.18 Å². The maximum absolute atomic E-state index is 12.6. The second-order valence-electron chi connectivity index (χ2n) is 5.75. The van der Waals surface area contributed by atoms with E-state index in [4.69, 9.17) is 5.73 Å². The maximum Gasteiger partial charge on any atom is 0.416 e. The molecule has 1 heterocycles. The molecular weight excluding hydrogens is 430 g/mol. The Kier molecular flexibility index (Phi) is 7.87. The molecule has 0 saturated carbocycles. The van der Waals surface area contributed by atoms with Crippen molar-refractivity contribution in [1.29, 1.82) is 0 Å². The van der Waals surface area contributed by atoms with Crippen LogP contribution in [0.25, 0.3) is 0 Å². The Balaban J connectivity index is 0.00000288. The van der Waals surface area contributed by atoms with Crippen molar-refractivity contribution in [2.24, 2.45) is 16.6 Å². The zero-order valence-electron chi connectivity index (χ0n) is 13.4. The molecule has 1 saturated heterocycles. The van der Waals surface area contributed by atoms with E-state index in [1.54, 1.807) is 6.07 Å². The summed E-state index contributed by atoms with van der Waals surface area (Å²) in [5, 5.41) is 0. The Morgan fingerprint density at radius 1 is 1.42 bits per heavy atom. The van der Waals surface area contributed by atoms with Crippen molar-refractivity contribution in [1.82, 2.24) is 4.90 Å². The standard InChI is InChI=1S/C17H20F3N3.HI/c1-13-5-4-10-23(12-13)16(21)22-9-3-7-14-6-2-8-15(11-14)17(18,19)20;/h2,6,8,11,13H,4-5,9-10,12H2,1H3,(H2,21,22);1H. The minimum absolute atomic E-state index is 0. The summed E-state index contributed by atoms with van der Waals surface area (Å²) < 4.78 is 37.8. The molecule has 0 aliphatic carbocycles. The molecule has 3 nitrogen and oxygen atoms in total. The summed E-state index contributed by atoms with van der Waals surface area (Å²) in [4.78, 5) is 6.22. The molecule has 132 valence electrons. The van der Waals surface area contributed by atoms with E-state index in [0.717, 1.165) is 31.6 Å². The van der Waals surface area contributed by atoms with Crippen molar-refractivity contribution in [3.8, 4) is 11.8 Å². The van der Waals surface area contributed by atoms with Crippen LogP contribution in [0.3, 0.4) is 0 Å². The van der Waals surface area contributed by atoms with Crippen molar-refractivity contribution in [2.45, 2.75) is 25.9 Å². The predicted molar refractivity (Wildman–Crippen MR) is 100 cm³/mol. The fourth-order valence-electron chi connectivity index (χ4n) is 2.53. The molecule has 1 unspecified atom stereocenters. The molecule has 0 aromatic heterocycles. The van der Waals surface area contributed by atoms with Crippen molar-refractivity contribution < 1.29 is 13.2 Å². The molecule has 2 rings (SSSR count). The van der Waals surface area contributed by atoms with E-state index in [9.17, 15) is 13.2 Å². The smallest absolute Gasteiger partial charge is 0.370 e. The molecule has 24 heavy (non-hydrogen) atoms. The van der Waals surface area contributed by atoms with Crippen molar-refractivity contribution in [3.05, 3.63) is 35.4 Å². The van der Waals surface area contributed by atoms with Crippen molar-refractivity contribution in [2.75, 3.05) is 19.6 Å². The van der Waals surface area contributed by atoms with E-state index in [1.165, 1.54) is 12.5 Å². The van der Waals surface area contributed by atoms with Crippen molar-refractivity contribution in [3.63, 3.8) is 0 Å². The Morgan fingerprint density at radius 3 is 2.83 bits per heavy atom. The van der Waals surface area contributed by atoms with Crippen LogP contribution in [0.2, 0.25) is 0 Å². The highest BCUT2D eigenvalue weighted by Gasteiger charge is 2.30. The Morgan fingerprint density at radius 2 is 2.17 bits per heavy atom. The topological polar surface area (TPSA) is 41.6 Å². The van der Waals surface area contributed by atoms with Gasteiger partial charge in [0.1, 0.15) is 6.54 Å². The number of benzene rings is 1. The summed E-state index contributed by atoms with van der Waals surface area (Å²) in [6.07, 6.45) is -2.07. The van der Waals surface area contributed by atoms with Crippen LogP contribution in [0.4, 0.5) is 13.2 Å². The zero-order chi connectivity index (χ0) is 16.9. The first-order chi connectivity index (χ1) is 10.9. The Hall–Kier alpha value is -1.43. The summed E-state index contributed by atoms with van der Waals surface area (Å²) in [7, 11) is 0. The minimum Gasteiger partial charge on any atom is -0.370 e. The molecule has 1 aliphatic heterocycles. The SMILES string of the molecule is CC1CCCN(C(N)=NCC#Cc2cccc(C(F)(F)F)c2)C1.I. The lowest BCUT2D eigenvalue weighted by Crippen LogP contribution is -2.43. The predicted octanol–water partition coefficient (Wildman–Crippen LogP) is 3.72. The van der Waals surface area contributed by atoms with Crippen LogP contribution in [0.1, 0.15) is 30.9 Å². The fourth-order valence-corrected chi connectivity index (χ4v) is 2.53. The summed E-state index contributed by atoms with van der Waals surface area (Å²) in [6.45, 7) is 4.12. The molecular formula is C17H21F3IN3. The normalized spacial score (nSPS) is 18.4. The molecule has 0 spiro atoms. The number of guanidine groups is 1. The molecule has 1 aromatic carbocycles. The monoisotopic (exact) mass is 451 g/mol. The summed E-state index contributed by atoms with van der Waals surface area (Å²) >= 11 is 0. The highest BCUT2D eigenvalue weighted by molar-refractivity contribution is 14.0. The summed E-state index contributed by atoms with van der Waals surface area (Å²) in [5.41, 5.74) is 5.55. The van der Waals surface area contributed by atoms with Crippen LogP contribution in [0.15, 0.2) is 29.3 Å². The largest absolute Gasteiger partial charge is 0.416 e. The molecule has 0 amide bonds. The summed E-state index contributed by atoms with van der Waals surface area (Å²) in [5.74, 6) is 6.49. The van der Waals surface area contributed by atoms with Gasteiger partial charge in [-0.2, -0.15) is 13.2 Å². The third-order valence-electron chi connectivity index (χ3n) is 3.72. The zero-order valence-corrected chi connectivity index (χ0v) is 15.8. The third kappa shape index (κ3) is 6.23. The lowest BCUT2D eigenvalue weighted by molar-refractivity contribution is -0.137. The van der Waals surface area contributed by atoms with Gasteiger partial charge in [0.2, 0.25) is 0 Å². The summed E-state index contributed by atoms with van der Waals surface area (Å²) in [6, 6.07) is 4.95. The van der Waals surface area contributed by atoms with Gasteiger partial charge in [-0.05, 0) is 37.0 Å². The molecule has 2 N–H and O–H groups in total. The Labute approximate surface area is 157 Å². The number of aliphatic imine (C=N–C) groups is 1. The molecule has 0 radical (unpaired) electrons. The van der Waals surface area contributed by atoms with E-state index in [1.807, 2.05) is 4.90 Å². The molecule has 7 heteroatoms. The van der Waals surface area contributed by atoms with Gasteiger partial charge in [0.15, 0.2) is 5.96 Å². The van der Waals surface area contributed by atoms with Gasteiger partial charge in [-0.25, -0.2) is 4.99 Å². The fraction of sp³-hybridized carbons (Fsp3) is 0.471. The van der Waals surface area contributed by atoms with Crippen molar-refractivity contribution >= 4 is 29.9 Å². The first kappa shape index (κ1) is 20.6. The van der Waals surface area contributed by atoms with Crippen LogP contribution in [-0.2, 0) is 6.18 Å². The molecule has 1 atom stereocenters. The van der Waals surface area contributed by atoms with E-state index in [0.29, 0.717) is 17.4 Å². The van der Waals surface area contributed by atoms with Gasteiger partial charge in [-0.3, -0.25) is 0 Å². The van der Waals surface area contributed by atoms with Gasteiger partial charge in [0, 0.05) is 18.7 Å². The first-order valence-corrected chi connectivity index (χ1v) is 7.57. The van der Waals surface area contributed by atoms with Gasteiger partial charge in [0.05, 0.1) is 5.56 Å². The van der Waals surface area contributed by atoms with E-state index in [2.05, 4.69) is 23.8 Å². The average Bonchev–Trinajstić information content (AvgIpc) is 2.51. The highest BCUT2D eigenvalue weighted by atomic mass is 127. The first-order valence-electron chi connectivity index (χ1n) is 7.57. The second kappa shape index (κ2) is 9.16. The number of nitrogens with two attached hydrogens (primary N) is 1. The number of hydrogen-bond donors (Lipinski definition) is 1. The number of alkyl halides is 3. The Bertz CT molecular complexity index is 632. The second-order valence-corrected chi connectivity index (χ2v) is 5.75. The average molecular weight is 451 g/mol. The van der Waals surface area contributed by atoms with E-state index < -0.39 is 11.7 Å². The number of likely N-dealkylation sites (tertiary alicyclic amines) is 1. The lowest BCUT2D eigenvalue weighted by atomic mass is 10.0. The van der Waals surface area contributed by atoms with E-state index >= 15 is 0 Å². The number of hydrogen-bond acceptors (Lipinski definition) is 1. The van der Waals surface area contributed by atoms with Crippen LogP contribution < -0.4 is 5.73 Å². The quantitative estimate of drug-likeness (QED) is 0.306. The minimum atomic E-state index is -4.36. The lowest BCUT2D eigenvalue weighted by Gasteiger charge is -2.31. The molecule has 1 aliphatic rings. The van der Waals surface area contributed by atoms with Gasteiger partial charge in [0.25, 0.3) is 0 Å². The number of piperidine rings is 1. The number of halogens is 4.